The van der Waals surface area contributed by atoms with E-state index in [1.54, 1.807) is 0 Å². The van der Waals surface area contributed by atoms with E-state index < -0.39 is 0 Å². The summed E-state index contributed by atoms with van der Waals surface area (Å²) in [6, 6.07) is 77.1. The second-order valence-corrected chi connectivity index (χ2v) is 21.6. The monoisotopic (exact) mass is 1150 g/mol. The number of ether oxygens (including phenoxy) is 1. The third-order valence-corrected chi connectivity index (χ3v) is 15.0. The van der Waals surface area contributed by atoms with Crippen molar-refractivity contribution in [2.75, 3.05) is 0 Å². The predicted octanol–water partition coefficient (Wildman–Crippen LogP) is 16.6. The Morgan fingerprint density at radius 3 is 1.77 bits per heavy atom. The van der Waals surface area contributed by atoms with Crippen LogP contribution < -0.4 is 9.30 Å². The summed E-state index contributed by atoms with van der Waals surface area (Å²) < 4.78 is 15.9. The summed E-state index contributed by atoms with van der Waals surface area (Å²) in [5, 5.41) is 4.69. The van der Waals surface area contributed by atoms with Crippen LogP contribution in [-0.2, 0) is 31.9 Å². The van der Waals surface area contributed by atoms with Gasteiger partial charge in [-0.05, 0) is 109 Å². The van der Waals surface area contributed by atoms with Gasteiger partial charge in [-0.25, -0.2) is 4.98 Å². The Morgan fingerprint density at radius 2 is 1.05 bits per heavy atom. The van der Waals surface area contributed by atoms with Gasteiger partial charge in [0.25, 0.3) is 6.33 Å². The van der Waals surface area contributed by atoms with Crippen LogP contribution in [0.1, 0.15) is 52.7 Å². The minimum Gasteiger partial charge on any atom is -0.510 e. The molecule has 0 radical (unpaired) electrons. The Kier molecular flexibility index (Phi) is 10.8. The zero-order chi connectivity index (χ0) is 50.0. The number of benzene rings is 9. The maximum absolute atomic E-state index is 6.77. The van der Waals surface area contributed by atoms with Crippen LogP contribution in [0, 0.1) is 18.5 Å². The summed E-state index contributed by atoms with van der Waals surface area (Å²) >= 11 is 0. The summed E-state index contributed by atoms with van der Waals surface area (Å²) in [5.41, 5.74) is 18.4. The first-order valence-electron chi connectivity index (χ1n) is 25.5. The van der Waals surface area contributed by atoms with E-state index in [1.807, 2.05) is 24.4 Å². The molecule has 9 aromatic carbocycles. The number of imidazole rings is 1. The topological polar surface area (TPSA) is 40.8 Å². The van der Waals surface area contributed by atoms with Gasteiger partial charge in [-0.2, -0.15) is 18.2 Å². The van der Waals surface area contributed by atoms with Gasteiger partial charge >= 0.3 is 0 Å². The molecule has 0 saturated heterocycles. The third kappa shape index (κ3) is 7.41. The molecule has 0 fully saturated rings. The molecule has 75 heavy (non-hydrogen) atoms. The summed E-state index contributed by atoms with van der Waals surface area (Å²) in [4.78, 5) is 4.89. The van der Waals surface area contributed by atoms with E-state index in [4.69, 9.17) is 9.72 Å². The Labute approximate surface area is 451 Å². The van der Waals surface area contributed by atoms with Gasteiger partial charge in [0.2, 0.25) is 0 Å². The standard InChI is InChI=1S/C68H51N5O.Pt/c1-67(2,3)43-36-37-69-64(38-43)73-61-30-14-11-24-53(61)54-35-33-47(41-63(54)73)74-46-19-15-18-44(39-46)70-42-71-65-56(25-16-27-58(65)68(4,5)6)57-40-45(72-59-28-12-9-22-51(59)52-23-10-13-29-60(52)72)32-34-50(57)48-20-7-8-21-49(48)55-26-17-31-62(70)66(55)71;/h7-38,40H,1-6H3;/q-2;. The van der Waals surface area contributed by atoms with Crippen LogP contribution in [0.2, 0.25) is 0 Å². The molecule has 5 heterocycles. The average Bonchev–Trinajstić information content (AvgIpc) is 4.11. The minimum atomic E-state index is -0.226. The second-order valence-electron chi connectivity index (χ2n) is 21.6. The van der Waals surface area contributed by atoms with E-state index in [9.17, 15) is 0 Å². The first kappa shape index (κ1) is 46.5. The third-order valence-electron chi connectivity index (χ3n) is 15.0. The zero-order valence-electron chi connectivity index (χ0n) is 42.5. The van der Waals surface area contributed by atoms with Gasteiger partial charge in [0.1, 0.15) is 5.82 Å². The van der Waals surface area contributed by atoms with Gasteiger partial charge in [0, 0.05) is 60.7 Å². The van der Waals surface area contributed by atoms with E-state index in [0.29, 0.717) is 11.5 Å². The zero-order valence-corrected chi connectivity index (χ0v) is 44.8. The van der Waals surface area contributed by atoms with Crippen LogP contribution in [0.25, 0.3) is 111 Å². The van der Waals surface area contributed by atoms with Crippen molar-refractivity contribution in [2.45, 2.75) is 52.4 Å². The van der Waals surface area contributed by atoms with Crippen LogP contribution in [0.3, 0.4) is 0 Å². The van der Waals surface area contributed by atoms with Crippen LogP contribution >= 0.6 is 0 Å². The Balaban J connectivity index is 0.00000541. The number of hydrogen-bond acceptors (Lipinski definition) is 2. The summed E-state index contributed by atoms with van der Waals surface area (Å²) in [5.74, 6) is 2.00. The Morgan fingerprint density at radius 1 is 0.467 bits per heavy atom. The van der Waals surface area contributed by atoms with E-state index in [2.05, 4.69) is 254 Å². The molecule has 4 aromatic heterocycles. The van der Waals surface area contributed by atoms with Crippen LogP contribution in [-0.4, -0.2) is 18.7 Å². The van der Waals surface area contributed by atoms with Gasteiger partial charge in [-0.1, -0.05) is 168 Å². The van der Waals surface area contributed by atoms with Gasteiger partial charge < -0.3 is 18.4 Å². The molecule has 0 N–H and O–H groups in total. The number of nitrogens with zero attached hydrogens (tertiary/aromatic N) is 5. The van der Waals surface area contributed by atoms with Crippen molar-refractivity contribution < 1.29 is 30.4 Å². The predicted molar refractivity (Wildman–Crippen MR) is 302 cm³/mol. The second kappa shape index (κ2) is 17.4. The van der Waals surface area contributed by atoms with E-state index in [0.717, 1.165) is 78.0 Å². The van der Waals surface area contributed by atoms with Crippen LogP contribution in [0.5, 0.6) is 11.5 Å². The fourth-order valence-electron chi connectivity index (χ4n) is 11.5. The maximum Gasteiger partial charge on any atom is 0.268 e. The van der Waals surface area contributed by atoms with Crippen molar-refractivity contribution >= 4 is 54.6 Å². The van der Waals surface area contributed by atoms with E-state index >= 15 is 0 Å². The first-order valence-corrected chi connectivity index (χ1v) is 25.5. The Bertz CT molecular complexity index is 4390. The molecule has 14 rings (SSSR count). The van der Waals surface area contributed by atoms with Crippen molar-refractivity contribution in [2.24, 2.45) is 0 Å². The molecule has 13 aromatic rings. The van der Waals surface area contributed by atoms with Crippen molar-refractivity contribution in [3.8, 4) is 67.8 Å². The number of para-hydroxylation sites is 5. The minimum absolute atomic E-state index is 0. The van der Waals surface area contributed by atoms with Gasteiger partial charge in [-0.3, -0.25) is 4.57 Å². The molecule has 0 aliphatic carbocycles. The molecule has 6 nitrogen and oxygen atoms in total. The molecule has 1 aliphatic heterocycles. The van der Waals surface area contributed by atoms with Crippen LogP contribution in [0.15, 0.2) is 200 Å². The number of pyridine rings is 1. The van der Waals surface area contributed by atoms with Crippen molar-refractivity contribution in [3.05, 3.63) is 230 Å². The number of hydrogen-bond donors (Lipinski definition) is 0. The Hall–Kier alpha value is -8.31. The summed E-state index contributed by atoms with van der Waals surface area (Å²) in [6.07, 6.45) is 5.86. The largest absolute Gasteiger partial charge is 0.510 e. The molecular formula is C68H51N5OPt-2. The molecule has 0 saturated carbocycles. The summed E-state index contributed by atoms with van der Waals surface area (Å²) in [7, 11) is 0. The molecule has 7 heteroatoms. The smallest absolute Gasteiger partial charge is 0.268 e. The van der Waals surface area contributed by atoms with E-state index in [1.165, 1.54) is 44.1 Å². The quantitative estimate of drug-likeness (QED) is 0.127. The van der Waals surface area contributed by atoms with Crippen LogP contribution in [0.4, 0.5) is 0 Å². The van der Waals surface area contributed by atoms with Gasteiger partial charge in [0.05, 0.1) is 27.8 Å². The van der Waals surface area contributed by atoms with Crippen molar-refractivity contribution in [3.63, 3.8) is 0 Å². The SMILES string of the molecule is CC(C)(C)c1ccnc(-n2c3[c-]c(Oc4[c-]c(-n5[c-][n+]6c7c(cccc75)-c5ccccc5-c5ccc(-n7c8ccccc8c8ccccc87)cc5-c5cccc(C(C)(C)C)c5-6)ccc4)ccc3c3ccccc32)c1.[Pt]. The molecule has 0 bridgehead atoms. The fourth-order valence-corrected chi connectivity index (χ4v) is 11.5. The van der Waals surface area contributed by atoms with Gasteiger partial charge in [0.15, 0.2) is 0 Å². The molecular weight excluding hydrogens is 1100 g/mol. The average molecular weight is 1150 g/mol. The summed E-state index contributed by atoms with van der Waals surface area (Å²) in [6.45, 7) is 13.6. The molecule has 1 aliphatic rings. The molecule has 0 amide bonds. The van der Waals surface area contributed by atoms with E-state index in [-0.39, 0.29) is 31.9 Å². The molecule has 366 valence electrons. The molecule has 0 unspecified atom stereocenters. The van der Waals surface area contributed by atoms with Crippen molar-refractivity contribution in [1.82, 2.24) is 18.7 Å². The number of rotatable bonds is 5. The molecule has 0 spiro atoms. The normalized spacial score (nSPS) is 12.3. The number of fused-ring (bicyclic) bond motifs is 13. The fraction of sp³-hybridized carbons (Fsp3) is 0.118. The number of aromatic nitrogens is 5. The maximum atomic E-state index is 6.77. The van der Waals surface area contributed by atoms with Crippen molar-refractivity contribution in [1.29, 1.82) is 0 Å². The molecule has 0 atom stereocenters. The first-order chi connectivity index (χ1) is 36.0. The van der Waals surface area contributed by atoms with Gasteiger partial charge in [-0.15, -0.1) is 29.7 Å².